The summed E-state index contributed by atoms with van der Waals surface area (Å²) in [5.41, 5.74) is 0.366. The van der Waals surface area contributed by atoms with Gasteiger partial charge in [0.05, 0.1) is 10.6 Å². The first-order chi connectivity index (χ1) is 10.0. The van der Waals surface area contributed by atoms with Crippen molar-refractivity contribution in [3.63, 3.8) is 0 Å². The first-order valence-corrected chi connectivity index (χ1v) is 7.11. The van der Waals surface area contributed by atoms with Crippen molar-refractivity contribution >= 4 is 23.4 Å². The Morgan fingerprint density at radius 2 is 1.71 bits per heavy atom. The number of amides is 1. The van der Waals surface area contributed by atoms with Crippen molar-refractivity contribution in [1.82, 2.24) is 9.88 Å². The molecule has 0 saturated carbocycles. The summed E-state index contributed by atoms with van der Waals surface area (Å²) in [4.78, 5) is 24.7. The van der Waals surface area contributed by atoms with Gasteiger partial charge in [0.2, 0.25) is 0 Å². The summed E-state index contributed by atoms with van der Waals surface area (Å²) in [7, 11) is 0. The molecule has 0 saturated heterocycles. The Labute approximate surface area is 128 Å². The molecule has 0 aliphatic rings. The Morgan fingerprint density at radius 1 is 1.10 bits per heavy atom. The number of aromatic nitrogens is 1. The largest absolute Gasteiger partial charge is 0.340 e. The molecule has 0 aliphatic heterocycles. The second kappa shape index (κ2) is 6.59. The van der Waals surface area contributed by atoms with Crippen molar-refractivity contribution < 1.29 is 9.59 Å². The maximum absolute atomic E-state index is 12.4. The van der Waals surface area contributed by atoms with Gasteiger partial charge in [-0.1, -0.05) is 37.6 Å². The molecule has 2 aromatic rings. The number of rotatable bonds is 4. The normalized spacial score (nSPS) is 12.2. The fraction of sp³-hybridized carbons (Fsp3) is 0.250. The average molecular weight is 305 g/mol. The third kappa shape index (κ3) is 3.52. The van der Waals surface area contributed by atoms with Crippen LogP contribution in [0, 0.1) is 5.92 Å². The van der Waals surface area contributed by atoms with Crippen molar-refractivity contribution in [3.05, 3.63) is 59.4 Å². The number of halogens is 1. The van der Waals surface area contributed by atoms with Gasteiger partial charge in [-0.3, -0.25) is 14.2 Å². The molecule has 4 nitrogen and oxygen atoms in total. The van der Waals surface area contributed by atoms with Crippen molar-refractivity contribution in [1.29, 1.82) is 0 Å². The van der Waals surface area contributed by atoms with Gasteiger partial charge in [0.25, 0.3) is 11.8 Å². The fourth-order valence-electron chi connectivity index (χ4n) is 2.02. The average Bonchev–Trinajstić information content (AvgIpc) is 2.98. The molecule has 1 amide bonds. The maximum Gasteiger partial charge on any atom is 0.253 e. The molecule has 1 aromatic heterocycles. The molecule has 1 heterocycles. The van der Waals surface area contributed by atoms with E-state index in [1.165, 1.54) is 4.57 Å². The van der Waals surface area contributed by atoms with E-state index in [2.05, 4.69) is 5.32 Å². The summed E-state index contributed by atoms with van der Waals surface area (Å²) in [6.07, 6.45) is 3.33. The van der Waals surface area contributed by atoms with Crippen molar-refractivity contribution in [2.75, 3.05) is 0 Å². The van der Waals surface area contributed by atoms with Crippen LogP contribution in [0.1, 0.15) is 29.0 Å². The highest BCUT2D eigenvalue weighted by Crippen LogP contribution is 2.16. The monoisotopic (exact) mass is 304 g/mol. The van der Waals surface area contributed by atoms with E-state index in [0.717, 1.165) is 0 Å². The van der Waals surface area contributed by atoms with Gasteiger partial charge in [-0.15, -0.1) is 0 Å². The van der Waals surface area contributed by atoms with Gasteiger partial charge in [-0.2, -0.15) is 0 Å². The summed E-state index contributed by atoms with van der Waals surface area (Å²) >= 11 is 6.01. The highest BCUT2D eigenvalue weighted by Gasteiger charge is 2.26. The molecule has 1 N–H and O–H groups in total. The minimum absolute atomic E-state index is 0.0358. The van der Waals surface area contributed by atoms with Gasteiger partial charge in [0.15, 0.2) is 0 Å². The lowest BCUT2D eigenvalue weighted by atomic mass is 10.0. The van der Waals surface area contributed by atoms with E-state index in [9.17, 15) is 9.59 Å². The van der Waals surface area contributed by atoms with Gasteiger partial charge in [0, 0.05) is 12.4 Å². The van der Waals surface area contributed by atoms with Crippen LogP contribution < -0.4 is 5.32 Å². The molecule has 5 heteroatoms. The number of hydrogen-bond donors (Lipinski definition) is 1. The predicted octanol–water partition coefficient (Wildman–Crippen LogP) is 3.24. The first kappa shape index (κ1) is 15.3. The predicted molar refractivity (Wildman–Crippen MR) is 82.6 cm³/mol. The Kier molecular flexibility index (Phi) is 4.81. The Morgan fingerprint density at radius 3 is 2.29 bits per heavy atom. The minimum atomic E-state index is -0.610. The number of hydrogen-bond acceptors (Lipinski definition) is 2. The summed E-state index contributed by atoms with van der Waals surface area (Å²) in [5, 5.41) is 3.13. The van der Waals surface area contributed by atoms with Crippen molar-refractivity contribution in [2.24, 2.45) is 5.92 Å². The smallest absolute Gasteiger partial charge is 0.253 e. The molecule has 1 aromatic carbocycles. The second-order valence-electron chi connectivity index (χ2n) is 5.10. The number of carbonyl (C=O) groups is 2. The van der Waals surface area contributed by atoms with Gasteiger partial charge >= 0.3 is 0 Å². The van der Waals surface area contributed by atoms with Gasteiger partial charge in [-0.05, 0) is 30.2 Å². The molecule has 1 atom stereocenters. The SMILES string of the molecule is CC(C)[C@H](NC(=O)c1ccccc1Cl)C(=O)n1cccc1. The first-order valence-electron chi connectivity index (χ1n) is 6.73. The van der Waals surface area contributed by atoms with Crippen LogP contribution in [0.3, 0.4) is 0 Å². The highest BCUT2D eigenvalue weighted by molar-refractivity contribution is 6.33. The minimum Gasteiger partial charge on any atom is -0.340 e. The summed E-state index contributed by atoms with van der Waals surface area (Å²) in [6, 6.07) is 9.70. The zero-order valence-corrected chi connectivity index (χ0v) is 12.7. The van der Waals surface area contributed by atoms with E-state index in [1.807, 2.05) is 13.8 Å². The van der Waals surface area contributed by atoms with E-state index in [1.54, 1.807) is 48.8 Å². The lowest BCUT2D eigenvalue weighted by Crippen LogP contribution is -2.46. The van der Waals surface area contributed by atoms with Gasteiger partial charge in [-0.25, -0.2) is 0 Å². The van der Waals surface area contributed by atoms with Crippen LogP contribution in [0.15, 0.2) is 48.8 Å². The van der Waals surface area contributed by atoms with Crippen LogP contribution in [-0.4, -0.2) is 22.4 Å². The van der Waals surface area contributed by atoms with E-state index in [0.29, 0.717) is 10.6 Å². The molecule has 0 unspecified atom stereocenters. The number of benzene rings is 1. The van der Waals surface area contributed by atoms with Crippen LogP contribution in [0.5, 0.6) is 0 Å². The quantitative estimate of drug-likeness (QED) is 0.942. The van der Waals surface area contributed by atoms with Crippen LogP contribution in [-0.2, 0) is 0 Å². The lowest BCUT2D eigenvalue weighted by Gasteiger charge is -2.21. The van der Waals surface area contributed by atoms with Crippen LogP contribution in [0.2, 0.25) is 5.02 Å². The zero-order valence-electron chi connectivity index (χ0n) is 11.9. The lowest BCUT2D eigenvalue weighted by molar-refractivity contribution is 0.0775. The standard InChI is InChI=1S/C16H17ClN2O2/c1-11(2)14(16(21)19-9-5-6-10-19)18-15(20)12-7-3-4-8-13(12)17/h3-11,14H,1-2H3,(H,18,20)/t14-/m0/s1. The van der Waals surface area contributed by atoms with E-state index < -0.39 is 6.04 Å². The van der Waals surface area contributed by atoms with Crippen LogP contribution in [0.4, 0.5) is 0 Å². The van der Waals surface area contributed by atoms with Crippen molar-refractivity contribution in [2.45, 2.75) is 19.9 Å². The highest BCUT2D eigenvalue weighted by atomic mass is 35.5. The molecular weight excluding hydrogens is 288 g/mol. The zero-order chi connectivity index (χ0) is 15.4. The number of carbonyl (C=O) groups excluding carboxylic acids is 2. The Bertz CT molecular complexity index is 635. The fourth-order valence-corrected chi connectivity index (χ4v) is 2.24. The van der Waals surface area contributed by atoms with E-state index in [4.69, 9.17) is 11.6 Å². The molecule has 21 heavy (non-hydrogen) atoms. The van der Waals surface area contributed by atoms with Gasteiger partial charge < -0.3 is 5.32 Å². The number of nitrogens with one attached hydrogen (secondary N) is 1. The van der Waals surface area contributed by atoms with E-state index in [-0.39, 0.29) is 17.7 Å². The van der Waals surface area contributed by atoms with E-state index >= 15 is 0 Å². The third-order valence-electron chi connectivity index (χ3n) is 3.20. The molecule has 0 fully saturated rings. The Balaban J connectivity index is 2.19. The van der Waals surface area contributed by atoms with Crippen molar-refractivity contribution in [3.8, 4) is 0 Å². The molecule has 0 spiro atoms. The second-order valence-corrected chi connectivity index (χ2v) is 5.51. The summed E-state index contributed by atoms with van der Waals surface area (Å²) in [6.45, 7) is 3.78. The summed E-state index contributed by atoms with van der Waals surface area (Å²) < 4.78 is 1.47. The number of nitrogens with zero attached hydrogens (tertiary/aromatic N) is 1. The third-order valence-corrected chi connectivity index (χ3v) is 3.53. The molecule has 0 radical (unpaired) electrons. The maximum atomic E-state index is 12.4. The molecule has 0 aliphatic carbocycles. The van der Waals surface area contributed by atoms with Gasteiger partial charge in [0.1, 0.15) is 6.04 Å². The topological polar surface area (TPSA) is 51.1 Å². The molecule has 2 rings (SSSR count). The van der Waals surface area contributed by atoms with Crippen LogP contribution >= 0.6 is 11.6 Å². The summed E-state index contributed by atoms with van der Waals surface area (Å²) in [5.74, 6) is -0.554. The van der Waals surface area contributed by atoms with Crippen LogP contribution in [0.25, 0.3) is 0 Å². The Hall–Kier alpha value is -2.07. The molecule has 110 valence electrons. The molecular formula is C16H17ClN2O2. The molecule has 0 bridgehead atoms.